The van der Waals surface area contributed by atoms with E-state index in [1.807, 2.05) is 19.1 Å². The first-order valence-corrected chi connectivity index (χ1v) is 12.7. The number of aromatic amines is 1. The van der Waals surface area contributed by atoms with Crippen LogP contribution in [0.25, 0.3) is 22.2 Å². The molecule has 0 unspecified atom stereocenters. The van der Waals surface area contributed by atoms with E-state index in [0.717, 1.165) is 31.9 Å². The number of nitrogens with zero attached hydrogens (tertiary/aromatic N) is 4. The van der Waals surface area contributed by atoms with Crippen molar-refractivity contribution in [2.75, 3.05) is 50.0 Å². The van der Waals surface area contributed by atoms with Crippen molar-refractivity contribution in [2.24, 2.45) is 0 Å². The smallest absolute Gasteiger partial charge is 0.259 e. The molecule has 202 valence electrons. The molecule has 3 N–H and O–H groups in total. The van der Waals surface area contributed by atoms with Gasteiger partial charge in [0.1, 0.15) is 11.6 Å². The molecule has 0 aliphatic carbocycles. The van der Waals surface area contributed by atoms with Gasteiger partial charge in [-0.25, -0.2) is 14.4 Å². The number of hydrogen-bond acceptors (Lipinski definition) is 7. The van der Waals surface area contributed by atoms with Gasteiger partial charge in [-0.3, -0.25) is 9.59 Å². The Morgan fingerprint density at radius 1 is 1.15 bits per heavy atom. The predicted molar refractivity (Wildman–Crippen MR) is 154 cm³/mol. The average Bonchev–Trinajstić information content (AvgIpc) is 2.98. The zero-order chi connectivity index (χ0) is 27.9. The van der Waals surface area contributed by atoms with E-state index in [0.29, 0.717) is 34.6 Å². The summed E-state index contributed by atoms with van der Waals surface area (Å²) >= 11 is 0. The molecule has 0 atom stereocenters. The van der Waals surface area contributed by atoms with Crippen molar-refractivity contribution in [3.05, 3.63) is 89.8 Å². The van der Waals surface area contributed by atoms with E-state index in [1.54, 1.807) is 31.4 Å². The second kappa shape index (κ2) is 12.3. The number of hydrogen-bond donors (Lipinski definition) is 3. The van der Waals surface area contributed by atoms with Gasteiger partial charge in [-0.05, 0) is 49.4 Å². The number of anilines is 3. The summed E-state index contributed by atoms with van der Waals surface area (Å²) in [5.74, 6) is -0.287. The monoisotopic (exact) mass is 529 g/mol. The number of amides is 1. The van der Waals surface area contributed by atoms with E-state index in [2.05, 4.69) is 43.6 Å². The van der Waals surface area contributed by atoms with Crippen molar-refractivity contribution in [2.45, 2.75) is 6.92 Å². The SMILES string of the molecule is C=C.CCN(C)C(=O)c1ccc(-c2cc(Nc3ccc(N4CCNCC4)cn3)c3c(=O)[nH]ccc3n2)c(F)c1. The molecule has 0 spiro atoms. The van der Waals surface area contributed by atoms with Crippen molar-refractivity contribution >= 4 is 34.0 Å². The summed E-state index contributed by atoms with van der Waals surface area (Å²) in [5.41, 5.74) is 2.38. The van der Waals surface area contributed by atoms with Crippen LogP contribution in [0.2, 0.25) is 0 Å². The quantitative estimate of drug-likeness (QED) is 0.322. The Balaban J connectivity index is 0.00000172. The Morgan fingerprint density at radius 2 is 1.92 bits per heavy atom. The standard InChI is InChI=1S/C27H28FN7O2.C2H4/c1-3-34(2)27(37)17-4-6-19(20(28)14-17)22-15-23(25-21(32-22)8-9-30-26(25)36)33-24-7-5-18(16-31-24)35-12-10-29-11-13-35;1-2/h4-9,14-16,29H,3,10-13H2,1-2H3,(H,30,36)(H,31,32,33);1-2H2. The highest BCUT2D eigenvalue weighted by atomic mass is 19.1. The molecule has 4 heterocycles. The first-order chi connectivity index (χ1) is 18.9. The van der Waals surface area contributed by atoms with E-state index in [9.17, 15) is 9.59 Å². The largest absolute Gasteiger partial charge is 0.368 e. The van der Waals surface area contributed by atoms with Crippen LogP contribution in [-0.2, 0) is 0 Å². The van der Waals surface area contributed by atoms with Crippen LogP contribution in [-0.4, -0.2) is 65.5 Å². The number of halogens is 1. The molecule has 1 aliphatic rings. The fourth-order valence-corrected chi connectivity index (χ4v) is 4.36. The van der Waals surface area contributed by atoms with E-state index in [4.69, 9.17) is 0 Å². The number of H-pyrrole nitrogens is 1. The predicted octanol–water partition coefficient (Wildman–Crippen LogP) is 4.17. The number of rotatable bonds is 6. The molecule has 39 heavy (non-hydrogen) atoms. The van der Waals surface area contributed by atoms with Crippen LogP contribution in [0.15, 0.2) is 72.8 Å². The third kappa shape index (κ3) is 5.96. The molecule has 0 radical (unpaired) electrons. The zero-order valence-electron chi connectivity index (χ0n) is 22.1. The molecule has 4 aromatic rings. The summed E-state index contributed by atoms with van der Waals surface area (Å²) in [6.45, 7) is 12.0. The summed E-state index contributed by atoms with van der Waals surface area (Å²) in [5, 5.41) is 6.89. The molecule has 1 amide bonds. The van der Waals surface area contributed by atoms with Crippen LogP contribution in [0, 0.1) is 5.82 Å². The fraction of sp³-hybridized carbons (Fsp3) is 0.241. The van der Waals surface area contributed by atoms with E-state index < -0.39 is 5.82 Å². The van der Waals surface area contributed by atoms with Gasteiger partial charge in [-0.2, -0.15) is 0 Å². The van der Waals surface area contributed by atoms with Crippen LogP contribution in [0.1, 0.15) is 17.3 Å². The molecular formula is C29H32FN7O2. The molecule has 1 aromatic carbocycles. The molecule has 1 fully saturated rings. The molecule has 1 aliphatic heterocycles. The first kappa shape index (κ1) is 27.5. The van der Waals surface area contributed by atoms with Gasteiger partial charge in [-0.15, -0.1) is 13.2 Å². The molecule has 0 bridgehead atoms. The summed E-state index contributed by atoms with van der Waals surface area (Å²) in [6.07, 6.45) is 3.30. The van der Waals surface area contributed by atoms with Gasteiger partial charge in [-0.1, -0.05) is 0 Å². The van der Waals surface area contributed by atoms with E-state index in [-0.39, 0.29) is 22.6 Å². The number of carbonyl (C=O) groups is 1. The summed E-state index contributed by atoms with van der Waals surface area (Å²) in [7, 11) is 1.67. The van der Waals surface area contributed by atoms with Gasteiger partial charge in [0.2, 0.25) is 0 Å². The topological polar surface area (TPSA) is 106 Å². The highest BCUT2D eigenvalue weighted by molar-refractivity contribution is 5.96. The number of carbonyl (C=O) groups excluding carboxylic acids is 1. The molecule has 1 saturated heterocycles. The number of pyridine rings is 3. The van der Waals surface area contributed by atoms with Gasteiger partial charge < -0.3 is 25.4 Å². The lowest BCUT2D eigenvalue weighted by Crippen LogP contribution is -2.43. The summed E-state index contributed by atoms with van der Waals surface area (Å²) in [4.78, 5) is 40.7. The summed E-state index contributed by atoms with van der Waals surface area (Å²) in [6, 6.07) is 11.5. The highest BCUT2D eigenvalue weighted by Crippen LogP contribution is 2.30. The third-order valence-electron chi connectivity index (χ3n) is 6.54. The summed E-state index contributed by atoms with van der Waals surface area (Å²) < 4.78 is 15.2. The van der Waals surface area contributed by atoms with Gasteiger partial charge in [0.05, 0.1) is 34.2 Å². The van der Waals surface area contributed by atoms with Crippen LogP contribution >= 0.6 is 0 Å². The Bertz CT molecular complexity index is 1510. The normalized spacial score (nSPS) is 12.9. The Morgan fingerprint density at radius 3 is 2.59 bits per heavy atom. The lowest BCUT2D eigenvalue weighted by atomic mass is 10.0. The van der Waals surface area contributed by atoms with Gasteiger partial charge >= 0.3 is 0 Å². The number of piperazine rings is 1. The van der Waals surface area contributed by atoms with Crippen molar-refractivity contribution in [3.8, 4) is 11.3 Å². The van der Waals surface area contributed by atoms with Gasteiger partial charge in [0, 0.05) is 57.1 Å². The lowest BCUT2D eigenvalue weighted by molar-refractivity contribution is 0.0802. The maximum atomic E-state index is 15.2. The zero-order valence-corrected chi connectivity index (χ0v) is 22.1. The van der Waals surface area contributed by atoms with Crippen molar-refractivity contribution in [3.63, 3.8) is 0 Å². The molecular weight excluding hydrogens is 497 g/mol. The van der Waals surface area contributed by atoms with Gasteiger partial charge in [0.15, 0.2) is 0 Å². The third-order valence-corrected chi connectivity index (χ3v) is 6.54. The maximum absolute atomic E-state index is 15.2. The minimum absolute atomic E-state index is 0.225. The number of aromatic nitrogens is 3. The Labute approximate surface area is 226 Å². The molecule has 5 rings (SSSR count). The maximum Gasteiger partial charge on any atom is 0.259 e. The van der Waals surface area contributed by atoms with Crippen molar-refractivity contribution in [1.29, 1.82) is 0 Å². The molecule has 10 heteroatoms. The Hall–Kier alpha value is -4.57. The van der Waals surface area contributed by atoms with Crippen LogP contribution in [0.5, 0.6) is 0 Å². The van der Waals surface area contributed by atoms with Crippen molar-refractivity contribution in [1.82, 2.24) is 25.2 Å². The second-order valence-corrected chi connectivity index (χ2v) is 8.90. The fourth-order valence-electron chi connectivity index (χ4n) is 4.36. The van der Waals surface area contributed by atoms with Crippen LogP contribution < -0.4 is 21.1 Å². The van der Waals surface area contributed by atoms with E-state index in [1.165, 1.54) is 23.2 Å². The minimum atomic E-state index is -0.573. The number of benzene rings is 1. The lowest BCUT2D eigenvalue weighted by Gasteiger charge is -2.29. The number of fused-ring (bicyclic) bond motifs is 1. The average molecular weight is 530 g/mol. The molecule has 0 saturated carbocycles. The van der Waals surface area contributed by atoms with Crippen LogP contribution in [0.3, 0.4) is 0 Å². The molecule has 9 nitrogen and oxygen atoms in total. The van der Waals surface area contributed by atoms with Crippen molar-refractivity contribution < 1.29 is 9.18 Å². The second-order valence-electron chi connectivity index (χ2n) is 8.90. The number of nitrogens with one attached hydrogen (secondary N) is 3. The Kier molecular flexibility index (Phi) is 8.67. The van der Waals surface area contributed by atoms with Crippen LogP contribution in [0.4, 0.5) is 21.6 Å². The van der Waals surface area contributed by atoms with E-state index >= 15 is 4.39 Å². The first-order valence-electron chi connectivity index (χ1n) is 12.7. The minimum Gasteiger partial charge on any atom is -0.368 e. The molecule has 3 aromatic heterocycles. The highest BCUT2D eigenvalue weighted by Gasteiger charge is 2.17. The van der Waals surface area contributed by atoms with Gasteiger partial charge in [0.25, 0.3) is 11.5 Å².